The summed E-state index contributed by atoms with van der Waals surface area (Å²) in [5, 5.41) is 12.5. The van der Waals surface area contributed by atoms with Crippen molar-refractivity contribution in [3.63, 3.8) is 0 Å². The highest BCUT2D eigenvalue weighted by molar-refractivity contribution is 5.89. The molecule has 1 fully saturated rings. The van der Waals surface area contributed by atoms with Gasteiger partial charge in [-0.05, 0) is 34.9 Å². The molecule has 1 saturated heterocycles. The van der Waals surface area contributed by atoms with Gasteiger partial charge >= 0.3 is 5.97 Å². The maximum atomic E-state index is 11.1. The number of hydrogen-bond acceptors (Lipinski definition) is 3. The van der Waals surface area contributed by atoms with Crippen LogP contribution in [0.3, 0.4) is 0 Å². The molecular weight excluding hydrogens is 276 g/mol. The summed E-state index contributed by atoms with van der Waals surface area (Å²) >= 11 is 0. The quantitative estimate of drug-likeness (QED) is 0.910. The monoisotopic (exact) mass is 296 g/mol. The molecule has 22 heavy (non-hydrogen) atoms. The average molecular weight is 296 g/mol. The second kappa shape index (κ2) is 6.73. The summed E-state index contributed by atoms with van der Waals surface area (Å²) in [5.41, 5.74) is 3.60. The molecule has 2 aromatic carbocycles. The zero-order chi connectivity index (χ0) is 15.4. The van der Waals surface area contributed by atoms with Crippen LogP contribution in [0.2, 0.25) is 0 Å². The van der Waals surface area contributed by atoms with Crippen LogP contribution in [0, 0.1) is 0 Å². The molecule has 0 atom stereocenters. The summed E-state index contributed by atoms with van der Waals surface area (Å²) in [6.07, 6.45) is 0. The second-order valence-corrected chi connectivity index (χ2v) is 5.61. The van der Waals surface area contributed by atoms with Crippen LogP contribution < -0.4 is 5.32 Å². The van der Waals surface area contributed by atoms with E-state index in [4.69, 9.17) is 5.11 Å². The lowest BCUT2D eigenvalue weighted by Gasteiger charge is -2.27. The molecule has 0 amide bonds. The van der Waals surface area contributed by atoms with Crippen LogP contribution >= 0.6 is 0 Å². The Kier molecular flexibility index (Phi) is 4.51. The number of benzene rings is 2. The molecule has 2 aromatic rings. The minimum absolute atomic E-state index is 0.324. The first-order valence-electron chi connectivity index (χ1n) is 7.58. The molecule has 0 unspecified atom stereocenters. The van der Waals surface area contributed by atoms with Crippen molar-refractivity contribution in [2.75, 3.05) is 26.2 Å². The molecule has 0 aromatic heterocycles. The fourth-order valence-corrected chi connectivity index (χ4v) is 2.81. The van der Waals surface area contributed by atoms with Crippen molar-refractivity contribution in [1.29, 1.82) is 0 Å². The van der Waals surface area contributed by atoms with Gasteiger partial charge in [0.1, 0.15) is 0 Å². The Morgan fingerprint density at radius 3 is 2.45 bits per heavy atom. The lowest BCUT2D eigenvalue weighted by atomic mass is 10.0. The van der Waals surface area contributed by atoms with E-state index in [1.807, 2.05) is 18.2 Å². The van der Waals surface area contributed by atoms with E-state index < -0.39 is 5.97 Å². The molecule has 1 aliphatic rings. The third-order valence-electron chi connectivity index (χ3n) is 3.99. The Bertz CT molecular complexity index is 664. The molecule has 2 N–H and O–H groups in total. The van der Waals surface area contributed by atoms with E-state index in [0.717, 1.165) is 43.9 Å². The molecule has 0 bridgehead atoms. The number of piperazine rings is 1. The van der Waals surface area contributed by atoms with Gasteiger partial charge < -0.3 is 10.4 Å². The number of rotatable bonds is 4. The van der Waals surface area contributed by atoms with Crippen LogP contribution in [0.4, 0.5) is 0 Å². The normalized spacial score (nSPS) is 15.6. The van der Waals surface area contributed by atoms with Crippen LogP contribution in [0.5, 0.6) is 0 Å². The minimum atomic E-state index is -0.890. The van der Waals surface area contributed by atoms with Gasteiger partial charge in [0.25, 0.3) is 0 Å². The van der Waals surface area contributed by atoms with Crippen molar-refractivity contribution < 1.29 is 9.90 Å². The van der Waals surface area contributed by atoms with Gasteiger partial charge in [-0.3, -0.25) is 4.90 Å². The first kappa shape index (κ1) is 14.8. The standard InChI is InChI=1S/C18H20N2O2/c21-18(22)17-6-2-5-16(12-17)15-4-1-3-14(11-15)13-20-9-7-19-8-10-20/h1-6,11-12,19H,7-10,13H2,(H,21,22). The van der Waals surface area contributed by atoms with E-state index in [2.05, 4.69) is 22.3 Å². The Balaban J connectivity index is 1.81. The summed E-state index contributed by atoms with van der Waals surface area (Å²) < 4.78 is 0. The van der Waals surface area contributed by atoms with Gasteiger partial charge in [-0.25, -0.2) is 4.79 Å². The van der Waals surface area contributed by atoms with Crippen molar-refractivity contribution in [2.24, 2.45) is 0 Å². The van der Waals surface area contributed by atoms with E-state index in [1.54, 1.807) is 18.2 Å². The van der Waals surface area contributed by atoms with Crippen molar-refractivity contribution >= 4 is 5.97 Å². The van der Waals surface area contributed by atoms with Crippen molar-refractivity contribution in [3.05, 3.63) is 59.7 Å². The molecule has 0 aliphatic carbocycles. The van der Waals surface area contributed by atoms with Crippen molar-refractivity contribution in [3.8, 4) is 11.1 Å². The Morgan fingerprint density at radius 2 is 1.73 bits per heavy atom. The zero-order valence-corrected chi connectivity index (χ0v) is 12.5. The predicted octanol–water partition coefficient (Wildman–Crippen LogP) is 2.46. The van der Waals surface area contributed by atoms with Gasteiger partial charge in [0.15, 0.2) is 0 Å². The SMILES string of the molecule is O=C(O)c1cccc(-c2cccc(CN3CCNCC3)c2)c1. The highest BCUT2D eigenvalue weighted by Crippen LogP contribution is 2.22. The number of carbonyl (C=O) groups is 1. The summed E-state index contributed by atoms with van der Waals surface area (Å²) in [7, 11) is 0. The number of carboxylic acids is 1. The number of nitrogens with zero attached hydrogens (tertiary/aromatic N) is 1. The first-order valence-corrected chi connectivity index (χ1v) is 7.58. The topological polar surface area (TPSA) is 52.6 Å². The van der Waals surface area contributed by atoms with Crippen LogP contribution in [-0.4, -0.2) is 42.2 Å². The molecule has 1 aliphatic heterocycles. The van der Waals surface area contributed by atoms with Gasteiger partial charge in [-0.1, -0.05) is 30.3 Å². The summed E-state index contributed by atoms with van der Waals surface area (Å²) in [6, 6.07) is 15.5. The lowest BCUT2D eigenvalue weighted by molar-refractivity contribution is 0.0697. The largest absolute Gasteiger partial charge is 0.478 e. The van der Waals surface area contributed by atoms with Crippen molar-refractivity contribution in [1.82, 2.24) is 10.2 Å². The van der Waals surface area contributed by atoms with Gasteiger partial charge in [0.05, 0.1) is 5.56 Å². The molecule has 0 radical (unpaired) electrons. The minimum Gasteiger partial charge on any atom is -0.478 e. The van der Waals surface area contributed by atoms with E-state index in [1.165, 1.54) is 5.56 Å². The highest BCUT2D eigenvalue weighted by Gasteiger charge is 2.10. The summed E-state index contributed by atoms with van der Waals surface area (Å²) in [5.74, 6) is -0.890. The summed E-state index contributed by atoms with van der Waals surface area (Å²) in [4.78, 5) is 13.5. The maximum absolute atomic E-state index is 11.1. The number of aromatic carboxylic acids is 1. The Labute approximate surface area is 130 Å². The number of nitrogens with one attached hydrogen (secondary N) is 1. The van der Waals surface area contributed by atoms with Crippen LogP contribution in [0.1, 0.15) is 15.9 Å². The zero-order valence-electron chi connectivity index (χ0n) is 12.5. The van der Waals surface area contributed by atoms with Crippen LogP contribution in [0.25, 0.3) is 11.1 Å². The van der Waals surface area contributed by atoms with Gasteiger partial charge in [-0.15, -0.1) is 0 Å². The summed E-state index contributed by atoms with van der Waals surface area (Å²) in [6.45, 7) is 5.16. The first-order chi connectivity index (χ1) is 10.7. The average Bonchev–Trinajstić information content (AvgIpc) is 2.56. The number of hydrogen-bond donors (Lipinski definition) is 2. The van der Waals surface area contributed by atoms with Crippen molar-refractivity contribution in [2.45, 2.75) is 6.54 Å². The van der Waals surface area contributed by atoms with Crippen LogP contribution in [-0.2, 0) is 6.54 Å². The van der Waals surface area contributed by atoms with Gasteiger partial charge in [-0.2, -0.15) is 0 Å². The smallest absolute Gasteiger partial charge is 0.335 e. The molecule has 4 heteroatoms. The lowest BCUT2D eigenvalue weighted by Crippen LogP contribution is -2.42. The molecule has 114 valence electrons. The second-order valence-electron chi connectivity index (χ2n) is 5.61. The maximum Gasteiger partial charge on any atom is 0.335 e. The van der Waals surface area contributed by atoms with E-state index in [9.17, 15) is 4.79 Å². The van der Waals surface area contributed by atoms with Gasteiger partial charge in [0.2, 0.25) is 0 Å². The fraction of sp³-hybridized carbons (Fsp3) is 0.278. The number of carboxylic acid groups (broad SMARTS) is 1. The third-order valence-corrected chi connectivity index (χ3v) is 3.99. The molecule has 1 heterocycles. The fourth-order valence-electron chi connectivity index (χ4n) is 2.81. The van der Waals surface area contributed by atoms with Gasteiger partial charge in [0, 0.05) is 32.7 Å². The third kappa shape index (κ3) is 3.53. The molecular formula is C18H20N2O2. The van der Waals surface area contributed by atoms with E-state index in [-0.39, 0.29) is 0 Å². The highest BCUT2D eigenvalue weighted by atomic mass is 16.4. The molecule has 0 saturated carbocycles. The predicted molar refractivity (Wildman–Crippen MR) is 87.0 cm³/mol. The van der Waals surface area contributed by atoms with E-state index in [0.29, 0.717) is 5.56 Å². The van der Waals surface area contributed by atoms with Crippen LogP contribution in [0.15, 0.2) is 48.5 Å². The molecule has 3 rings (SSSR count). The van der Waals surface area contributed by atoms with E-state index >= 15 is 0 Å². The Hall–Kier alpha value is -2.17. The Morgan fingerprint density at radius 1 is 1.05 bits per heavy atom. The molecule has 4 nitrogen and oxygen atoms in total. The molecule has 0 spiro atoms.